The Morgan fingerprint density at radius 3 is 1.32 bits per heavy atom. The molecule has 0 bridgehead atoms. The molecule has 6 rings (SSSR count). The third-order valence-corrected chi connectivity index (χ3v) is 19.0. The SMILES string of the molecule is CCCCCCCCCCCCCCCCCCCCCCCCCC(=O)NC(/C=C/[C@H]1O[C@H](CNC(=O)Nc2cccc3ccccc23)[C@H](OCc2ccccc2)[C@H](OCc2ccccc2)[C@H]1OCc1ccccc1)[C@H](O)[C@H](O)CCCCCCCCCCCCCC. The third kappa shape index (κ3) is 32.6. The van der Waals surface area contributed by atoms with E-state index in [-0.39, 0.29) is 32.3 Å². The van der Waals surface area contributed by atoms with Crippen LogP contribution in [0.25, 0.3) is 10.8 Å². The minimum absolute atomic E-state index is 0.0388. The molecule has 1 fully saturated rings. The summed E-state index contributed by atoms with van der Waals surface area (Å²) in [5, 5.41) is 35.2. The van der Waals surface area contributed by atoms with Gasteiger partial charge in [-0.3, -0.25) is 4.79 Å². The number of amides is 3. The van der Waals surface area contributed by atoms with E-state index in [4.69, 9.17) is 18.9 Å². The van der Waals surface area contributed by atoms with Gasteiger partial charge in [-0.25, -0.2) is 4.79 Å². The molecule has 1 saturated heterocycles. The molecule has 0 aromatic heterocycles. The quantitative estimate of drug-likeness (QED) is 0.0191. The highest BCUT2D eigenvalue weighted by atomic mass is 16.6. The standard InChI is InChI=1S/C83H125N3O8/c1-3-5-7-9-11-13-15-17-18-19-20-21-22-23-24-25-26-27-29-31-33-35-46-61-78(88)85-74(79(89)75(87)60-45-34-32-30-28-16-14-12-10-8-6-4-2)62-63-76-80(91-65-68-50-39-36-40-51-68)82(93-67-70-54-43-38-44-55-70)81(92-66-69-52-41-37-42-53-69)77(94-76)64-84-83(90)86-73-59-49-57-71-56-47-48-58-72(71)73/h36-44,47-59,62-63,74-77,79-82,87,89H,3-35,45-46,60-61,64-67H2,1-2H3,(H,85,88)(H2,84,86,90)/b63-62+/t74?,75-,76-,77-,79+,80+,81+,82-/m1/s1. The fourth-order valence-electron chi connectivity index (χ4n) is 13.2. The minimum Gasteiger partial charge on any atom is -0.390 e. The Kier molecular flexibility index (Phi) is 41.3. The van der Waals surface area contributed by atoms with Crippen LogP contribution in [0.2, 0.25) is 0 Å². The number of carbonyl (C=O) groups is 2. The van der Waals surface area contributed by atoms with Gasteiger partial charge >= 0.3 is 6.03 Å². The topological polar surface area (TPSA) is 148 Å². The minimum atomic E-state index is -1.29. The molecule has 0 radical (unpaired) electrons. The Labute approximate surface area is 569 Å². The van der Waals surface area contributed by atoms with Crippen molar-refractivity contribution in [3.05, 3.63) is 162 Å². The molecule has 0 spiro atoms. The largest absolute Gasteiger partial charge is 0.390 e. The average Bonchev–Trinajstić information content (AvgIpc) is 0.810. The highest BCUT2D eigenvalue weighted by molar-refractivity contribution is 6.01. The zero-order valence-corrected chi connectivity index (χ0v) is 58.3. The summed E-state index contributed by atoms with van der Waals surface area (Å²) in [5.74, 6) is -0.172. The van der Waals surface area contributed by atoms with Crippen LogP contribution >= 0.6 is 0 Å². The molecule has 94 heavy (non-hydrogen) atoms. The summed E-state index contributed by atoms with van der Waals surface area (Å²) in [7, 11) is 0. The van der Waals surface area contributed by atoms with Gasteiger partial charge in [-0.1, -0.05) is 372 Å². The Morgan fingerprint density at radius 1 is 0.457 bits per heavy atom. The zero-order chi connectivity index (χ0) is 66.1. The highest BCUT2D eigenvalue weighted by Crippen LogP contribution is 2.32. The van der Waals surface area contributed by atoms with Crippen molar-refractivity contribution in [2.75, 3.05) is 11.9 Å². The number of urea groups is 1. The van der Waals surface area contributed by atoms with Gasteiger partial charge in [0.1, 0.15) is 36.6 Å². The molecule has 1 heterocycles. The molecule has 5 N–H and O–H groups in total. The van der Waals surface area contributed by atoms with Crippen molar-refractivity contribution in [2.45, 2.75) is 320 Å². The number of anilines is 1. The van der Waals surface area contributed by atoms with Crippen molar-refractivity contribution in [1.82, 2.24) is 10.6 Å². The lowest BCUT2D eigenvalue weighted by Gasteiger charge is -2.46. The van der Waals surface area contributed by atoms with Gasteiger partial charge in [0, 0.05) is 18.4 Å². The van der Waals surface area contributed by atoms with Crippen LogP contribution in [0.4, 0.5) is 10.5 Å². The molecule has 0 saturated carbocycles. The summed E-state index contributed by atoms with van der Waals surface area (Å²) in [5.41, 5.74) is 3.55. The van der Waals surface area contributed by atoms with Crippen molar-refractivity contribution in [3.8, 4) is 0 Å². The number of nitrogens with one attached hydrogen (secondary N) is 3. The molecule has 3 amide bonds. The second kappa shape index (κ2) is 50.0. The molecule has 8 atom stereocenters. The Hall–Kier alpha value is -5.40. The number of rotatable bonds is 54. The summed E-state index contributed by atoms with van der Waals surface area (Å²) in [4.78, 5) is 28.1. The van der Waals surface area contributed by atoms with E-state index in [9.17, 15) is 19.8 Å². The molecule has 0 aliphatic carbocycles. The van der Waals surface area contributed by atoms with E-state index < -0.39 is 54.8 Å². The maximum Gasteiger partial charge on any atom is 0.319 e. The van der Waals surface area contributed by atoms with Crippen molar-refractivity contribution in [3.63, 3.8) is 0 Å². The lowest BCUT2D eigenvalue weighted by molar-refractivity contribution is -0.253. The van der Waals surface area contributed by atoms with Gasteiger partial charge in [0.2, 0.25) is 5.91 Å². The maximum atomic E-state index is 14.1. The summed E-state index contributed by atoms with van der Waals surface area (Å²) in [6.45, 7) is 5.30. The number of hydrogen-bond donors (Lipinski definition) is 5. The predicted octanol–water partition coefficient (Wildman–Crippen LogP) is 20.7. The van der Waals surface area contributed by atoms with Crippen LogP contribution in [0, 0.1) is 0 Å². The molecule has 1 unspecified atom stereocenters. The normalized spacial score (nSPS) is 17.5. The molecule has 11 heteroatoms. The average molecular weight is 1290 g/mol. The van der Waals surface area contributed by atoms with E-state index in [1.807, 2.05) is 140 Å². The zero-order valence-electron chi connectivity index (χ0n) is 58.3. The first kappa shape index (κ1) is 77.6. The first-order valence-corrected chi connectivity index (χ1v) is 37.8. The van der Waals surface area contributed by atoms with Crippen LogP contribution < -0.4 is 16.0 Å². The van der Waals surface area contributed by atoms with Gasteiger partial charge in [0.25, 0.3) is 0 Å². The van der Waals surface area contributed by atoms with Gasteiger partial charge in [-0.05, 0) is 41.0 Å². The monoisotopic (exact) mass is 1290 g/mol. The summed E-state index contributed by atoms with van der Waals surface area (Å²) in [6.07, 6.45) is 42.6. The molecule has 520 valence electrons. The summed E-state index contributed by atoms with van der Waals surface area (Å²) >= 11 is 0. The molecule has 5 aromatic carbocycles. The number of aliphatic hydroxyl groups excluding tert-OH is 2. The highest BCUT2D eigenvalue weighted by Gasteiger charge is 2.48. The molecule has 5 aromatic rings. The van der Waals surface area contributed by atoms with Crippen LogP contribution in [-0.2, 0) is 43.6 Å². The number of aliphatic hydroxyl groups is 2. The number of fused-ring (bicyclic) bond motifs is 1. The van der Waals surface area contributed by atoms with Crippen LogP contribution in [0.5, 0.6) is 0 Å². The maximum absolute atomic E-state index is 14.1. The van der Waals surface area contributed by atoms with Crippen molar-refractivity contribution >= 4 is 28.4 Å². The van der Waals surface area contributed by atoms with E-state index in [1.54, 1.807) is 6.08 Å². The molecule has 11 nitrogen and oxygen atoms in total. The molecule has 1 aliphatic heterocycles. The summed E-state index contributed by atoms with van der Waals surface area (Å²) in [6, 6.07) is 42.3. The Bertz CT molecular complexity index is 2690. The molecule has 1 aliphatic rings. The van der Waals surface area contributed by atoms with E-state index in [2.05, 4.69) is 29.8 Å². The number of benzene rings is 5. The van der Waals surface area contributed by atoms with Crippen LogP contribution in [0.1, 0.15) is 268 Å². The smallest absolute Gasteiger partial charge is 0.319 e. The second-order valence-corrected chi connectivity index (χ2v) is 27.0. The van der Waals surface area contributed by atoms with Crippen LogP contribution in [0.15, 0.2) is 146 Å². The van der Waals surface area contributed by atoms with Crippen molar-refractivity contribution in [1.29, 1.82) is 0 Å². The van der Waals surface area contributed by atoms with Gasteiger partial charge in [-0.2, -0.15) is 0 Å². The van der Waals surface area contributed by atoms with E-state index in [0.717, 1.165) is 66.0 Å². The number of carbonyl (C=O) groups excluding carboxylic acids is 2. The first-order valence-electron chi connectivity index (χ1n) is 37.8. The van der Waals surface area contributed by atoms with E-state index in [0.29, 0.717) is 18.5 Å². The molecular weight excluding hydrogens is 1170 g/mol. The number of hydrogen-bond acceptors (Lipinski definition) is 8. The van der Waals surface area contributed by atoms with Gasteiger partial charge in [-0.15, -0.1) is 0 Å². The predicted molar refractivity (Wildman–Crippen MR) is 390 cm³/mol. The van der Waals surface area contributed by atoms with Crippen molar-refractivity contribution < 1.29 is 38.7 Å². The fourth-order valence-corrected chi connectivity index (χ4v) is 13.2. The van der Waals surface area contributed by atoms with Crippen molar-refractivity contribution in [2.24, 2.45) is 0 Å². The van der Waals surface area contributed by atoms with Crippen LogP contribution in [0.3, 0.4) is 0 Å². The fraction of sp³-hybridized carbons (Fsp3) is 0.614. The second-order valence-electron chi connectivity index (χ2n) is 27.0. The van der Waals surface area contributed by atoms with Crippen LogP contribution in [-0.4, -0.2) is 77.5 Å². The summed E-state index contributed by atoms with van der Waals surface area (Å²) < 4.78 is 28.1. The lowest BCUT2D eigenvalue weighted by Crippen LogP contribution is -2.62. The Balaban J connectivity index is 1.11. The first-order chi connectivity index (χ1) is 46.3. The third-order valence-electron chi connectivity index (χ3n) is 19.0. The van der Waals surface area contributed by atoms with Gasteiger partial charge in [0.05, 0.1) is 37.7 Å². The van der Waals surface area contributed by atoms with E-state index in [1.165, 1.54) is 186 Å². The molecular formula is C83H125N3O8. The van der Waals surface area contributed by atoms with E-state index >= 15 is 0 Å². The number of ether oxygens (including phenoxy) is 4. The van der Waals surface area contributed by atoms with Gasteiger partial charge in [0.15, 0.2) is 0 Å². The Morgan fingerprint density at radius 2 is 0.851 bits per heavy atom. The number of unbranched alkanes of at least 4 members (excludes halogenated alkanes) is 33. The lowest BCUT2D eigenvalue weighted by atomic mass is 9.92. The van der Waals surface area contributed by atoms with Gasteiger partial charge < -0.3 is 45.1 Å².